The number of hydrogen-bond donors (Lipinski definition) is 1. The van der Waals surface area contributed by atoms with Gasteiger partial charge in [0.2, 0.25) is 16.0 Å². The minimum atomic E-state index is -0.250. The lowest BCUT2D eigenvalue weighted by molar-refractivity contribution is -0.138. The van der Waals surface area contributed by atoms with E-state index in [1.165, 1.54) is 31.4 Å². The molecule has 2 saturated carbocycles. The summed E-state index contributed by atoms with van der Waals surface area (Å²) in [6.07, 6.45) is 8.04. The quantitative estimate of drug-likeness (QED) is 0.601. The van der Waals surface area contributed by atoms with E-state index in [4.69, 9.17) is 10.1 Å². The number of hydrogen-bond acceptors (Lipinski definition) is 6. The Morgan fingerprint density at radius 1 is 1.00 bits per heavy atom. The first-order valence-corrected chi connectivity index (χ1v) is 12.9. The molecule has 3 aromatic rings. The van der Waals surface area contributed by atoms with E-state index in [0.29, 0.717) is 11.9 Å². The SMILES string of the molecule is O=C(C1CCC1)N1CCN(c2nn3c(NC4CCCC4)c(-c4ccc(F)cc4)nc3s2)CC1. The van der Waals surface area contributed by atoms with Gasteiger partial charge in [0.05, 0.1) is 0 Å². The molecule has 2 aliphatic carbocycles. The first-order valence-electron chi connectivity index (χ1n) is 12.1. The van der Waals surface area contributed by atoms with E-state index in [2.05, 4.69) is 10.2 Å². The Balaban J connectivity index is 1.25. The van der Waals surface area contributed by atoms with Crippen LogP contribution in [0.25, 0.3) is 16.2 Å². The third-order valence-corrected chi connectivity index (χ3v) is 8.29. The molecular weight excluding hydrogens is 439 g/mol. The predicted molar refractivity (Wildman–Crippen MR) is 128 cm³/mol. The summed E-state index contributed by atoms with van der Waals surface area (Å²) in [5, 5.41) is 9.56. The summed E-state index contributed by atoms with van der Waals surface area (Å²) in [5.74, 6) is 1.24. The Kier molecular flexibility index (Phi) is 5.44. The van der Waals surface area contributed by atoms with E-state index in [9.17, 15) is 9.18 Å². The van der Waals surface area contributed by atoms with Crippen molar-refractivity contribution in [3.8, 4) is 11.3 Å². The summed E-state index contributed by atoms with van der Waals surface area (Å²) in [6, 6.07) is 6.92. The molecule has 7 nitrogen and oxygen atoms in total. The van der Waals surface area contributed by atoms with Crippen LogP contribution >= 0.6 is 11.3 Å². The molecule has 1 aliphatic heterocycles. The van der Waals surface area contributed by atoms with Gasteiger partial charge in [-0.05, 0) is 49.9 Å². The maximum absolute atomic E-state index is 13.5. The average molecular weight is 469 g/mol. The lowest BCUT2D eigenvalue weighted by Gasteiger charge is -2.38. The van der Waals surface area contributed by atoms with Gasteiger partial charge in [-0.3, -0.25) is 4.79 Å². The van der Waals surface area contributed by atoms with Gasteiger partial charge in [0.25, 0.3) is 0 Å². The van der Waals surface area contributed by atoms with Crippen LogP contribution < -0.4 is 10.2 Å². The molecule has 0 bridgehead atoms. The standard InChI is InChI=1S/C24H29FN6OS/c25-18-10-8-16(9-11-18)20-21(26-19-6-1-2-7-19)31-23(27-20)33-24(28-31)30-14-12-29(13-15-30)22(32)17-4-3-5-17/h8-11,17,19,26H,1-7,12-15H2. The van der Waals surface area contributed by atoms with Crippen molar-refractivity contribution in [2.45, 2.75) is 51.0 Å². The van der Waals surface area contributed by atoms with Crippen LogP contribution in [-0.4, -0.2) is 57.6 Å². The van der Waals surface area contributed by atoms with Crippen molar-refractivity contribution in [2.75, 3.05) is 36.4 Å². The zero-order valence-electron chi connectivity index (χ0n) is 18.7. The van der Waals surface area contributed by atoms with E-state index >= 15 is 0 Å². The lowest BCUT2D eigenvalue weighted by Crippen LogP contribution is -2.51. The van der Waals surface area contributed by atoms with Crippen LogP contribution in [0.2, 0.25) is 0 Å². The number of aromatic nitrogens is 3. The Hall–Kier alpha value is -2.68. The van der Waals surface area contributed by atoms with Gasteiger partial charge >= 0.3 is 0 Å². The maximum Gasteiger partial charge on any atom is 0.225 e. The lowest BCUT2D eigenvalue weighted by atomic mass is 9.84. The molecule has 2 aromatic heterocycles. The fraction of sp³-hybridized carbons (Fsp3) is 0.542. The number of amides is 1. The van der Waals surface area contributed by atoms with E-state index in [1.54, 1.807) is 23.5 Å². The molecular formula is C24H29FN6OS. The van der Waals surface area contributed by atoms with Crippen molar-refractivity contribution in [2.24, 2.45) is 5.92 Å². The van der Waals surface area contributed by atoms with Crippen molar-refractivity contribution in [3.05, 3.63) is 30.1 Å². The number of halogens is 1. The largest absolute Gasteiger partial charge is 0.365 e. The molecule has 174 valence electrons. The van der Waals surface area contributed by atoms with E-state index < -0.39 is 0 Å². The average Bonchev–Trinajstić information content (AvgIpc) is 3.51. The molecule has 1 saturated heterocycles. The highest BCUT2D eigenvalue weighted by molar-refractivity contribution is 7.20. The van der Waals surface area contributed by atoms with Crippen LogP contribution in [0.4, 0.5) is 15.3 Å². The highest BCUT2D eigenvalue weighted by Crippen LogP contribution is 2.36. The summed E-state index contributed by atoms with van der Waals surface area (Å²) >= 11 is 1.58. The van der Waals surface area contributed by atoms with Gasteiger partial charge in [0.15, 0.2) is 5.82 Å². The van der Waals surface area contributed by atoms with E-state index in [1.807, 2.05) is 9.42 Å². The van der Waals surface area contributed by atoms with E-state index in [-0.39, 0.29) is 11.7 Å². The molecule has 3 fully saturated rings. The van der Waals surface area contributed by atoms with Gasteiger partial charge in [-0.2, -0.15) is 4.52 Å². The van der Waals surface area contributed by atoms with Crippen LogP contribution in [0.3, 0.4) is 0 Å². The molecule has 6 rings (SSSR count). The third-order valence-electron chi connectivity index (χ3n) is 7.32. The van der Waals surface area contributed by atoms with Gasteiger partial charge in [-0.1, -0.05) is 30.6 Å². The number of nitrogens with one attached hydrogen (secondary N) is 1. The van der Waals surface area contributed by atoms with Crippen molar-refractivity contribution >= 4 is 33.2 Å². The number of fused-ring (bicyclic) bond motifs is 1. The van der Waals surface area contributed by atoms with Crippen LogP contribution in [0, 0.1) is 11.7 Å². The molecule has 3 heterocycles. The van der Waals surface area contributed by atoms with Crippen LogP contribution in [0.5, 0.6) is 0 Å². The molecule has 0 radical (unpaired) electrons. The number of nitrogens with zero attached hydrogens (tertiary/aromatic N) is 5. The minimum absolute atomic E-state index is 0.250. The molecule has 1 amide bonds. The number of piperazine rings is 1. The molecule has 0 unspecified atom stereocenters. The monoisotopic (exact) mass is 468 g/mol. The Bertz CT molecular complexity index is 1140. The van der Waals surface area contributed by atoms with Gasteiger partial charge in [-0.25, -0.2) is 9.37 Å². The molecule has 0 spiro atoms. The molecule has 3 aliphatic rings. The fourth-order valence-electron chi connectivity index (χ4n) is 5.10. The van der Waals surface area contributed by atoms with Gasteiger partial charge in [0, 0.05) is 43.7 Å². The smallest absolute Gasteiger partial charge is 0.225 e. The summed E-state index contributed by atoms with van der Waals surface area (Å²) in [5.41, 5.74) is 1.71. The number of benzene rings is 1. The molecule has 1 N–H and O–H groups in total. The van der Waals surface area contributed by atoms with Crippen molar-refractivity contribution in [3.63, 3.8) is 0 Å². The number of carbonyl (C=O) groups is 1. The first-order chi connectivity index (χ1) is 16.2. The summed E-state index contributed by atoms with van der Waals surface area (Å²) in [4.78, 5) is 22.6. The Labute approximate surface area is 196 Å². The fourth-order valence-corrected chi connectivity index (χ4v) is 6.05. The highest BCUT2D eigenvalue weighted by atomic mass is 32.1. The van der Waals surface area contributed by atoms with E-state index in [0.717, 1.165) is 79.0 Å². The summed E-state index contributed by atoms with van der Waals surface area (Å²) in [6.45, 7) is 3.10. The minimum Gasteiger partial charge on any atom is -0.365 e. The predicted octanol–water partition coefficient (Wildman–Crippen LogP) is 4.40. The maximum atomic E-state index is 13.5. The second kappa shape index (κ2) is 8.59. The second-order valence-electron chi connectivity index (χ2n) is 9.46. The number of carbonyl (C=O) groups excluding carboxylic acids is 1. The number of rotatable bonds is 5. The Morgan fingerprint density at radius 2 is 1.73 bits per heavy atom. The van der Waals surface area contributed by atoms with Crippen LogP contribution in [-0.2, 0) is 4.79 Å². The number of imidazole rings is 1. The summed E-state index contributed by atoms with van der Waals surface area (Å²) in [7, 11) is 0. The van der Waals surface area contributed by atoms with Gasteiger partial charge in [0.1, 0.15) is 11.5 Å². The van der Waals surface area contributed by atoms with Gasteiger partial charge in [-0.15, -0.1) is 5.10 Å². The molecule has 1 aromatic carbocycles. The van der Waals surface area contributed by atoms with Crippen LogP contribution in [0.15, 0.2) is 24.3 Å². The molecule has 33 heavy (non-hydrogen) atoms. The molecule has 9 heteroatoms. The zero-order chi connectivity index (χ0) is 22.4. The summed E-state index contributed by atoms with van der Waals surface area (Å²) < 4.78 is 15.4. The number of anilines is 2. The topological polar surface area (TPSA) is 65.8 Å². The third kappa shape index (κ3) is 3.96. The van der Waals surface area contributed by atoms with Crippen LogP contribution in [0.1, 0.15) is 44.9 Å². The second-order valence-corrected chi connectivity index (χ2v) is 10.4. The van der Waals surface area contributed by atoms with Gasteiger partial charge < -0.3 is 15.1 Å². The normalized spacial score (nSPS) is 19.9. The highest BCUT2D eigenvalue weighted by Gasteiger charge is 2.32. The van der Waals surface area contributed by atoms with Crippen molar-refractivity contribution < 1.29 is 9.18 Å². The first kappa shape index (κ1) is 20.9. The Morgan fingerprint density at radius 3 is 2.39 bits per heavy atom. The zero-order valence-corrected chi connectivity index (χ0v) is 19.5. The van der Waals surface area contributed by atoms with Crippen molar-refractivity contribution in [1.29, 1.82) is 0 Å². The van der Waals surface area contributed by atoms with Crippen molar-refractivity contribution in [1.82, 2.24) is 19.5 Å². The molecule has 0 atom stereocenters.